The zero-order valence-corrected chi connectivity index (χ0v) is 12.0. The number of thioether (sulfide) groups is 1. The second-order valence-corrected chi connectivity index (χ2v) is 6.27. The first-order chi connectivity index (χ1) is 7.54. The fraction of sp³-hybridized carbons (Fsp3) is 1.00. The number of nitrogens with one attached hydrogen (secondary N) is 2. The van der Waals surface area contributed by atoms with Gasteiger partial charge >= 0.3 is 0 Å². The molecular weight excluding hydrogens is 246 g/mol. The fourth-order valence-corrected chi connectivity index (χ4v) is 2.49. The molecule has 16 heavy (non-hydrogen) atoms. The lowest BCUT2D eigenvalue weighted by molar-refractivity contribution is 0.447. The molecule has 2 N–H and O–H groups in total. The van der Waals surface area contributed by atoms with Crippen LogP contribution in [0.1, 0.15) is 13.3 Å². The van der Waals surface area contributed by atoms with Gasteiger partial charge in [0.1, 0.15) is 0 Å². The summed E-state index contributed by atoms with van der Waals surface area (Å²) in [4.78, 5) is 0. The van der Waals surface area contributed by atoms with E-state index in [4.69, 9.17) is 0 Å². The van der Waals surface area contributed by atoms with Crippen LogP contribution in [0.2, 0.25) is 0 Å². The van der Waals surface area contributed by atoms with Gasteiger partial charge < -0.3 is 5.32 Å². The molecule has 0 aromatic heterocycles. The summed E-state index contributed by atoms with van der Waals surface area (Å²) in [6.07, 6.45) is 2.78. The summed E-state index contributed by atoms with van der Waals surface area (Å²) >= 11 is 1.62. The predicted octanol–water partition coefficient (Wildman–Crippen LogP) is 0.115. The molecule has 0 fully saturated rings. The quantitative estimate of drug-likeness (QED) is 0.553. The minimum Gasteiger partial charge on any atom is -0.317 e. The summed E-state index contributed by atoms with van der Waals surface area (Å²) in [7, 11) is -1.67. The van der Waals surface area contributed by atoms with E-state index >= 15 is 0 Å². The molecule has 0 saturated carbocycles. The molecule has 0 radical (unpaired) electrons. The van der Waals surface area contributed by atoms with E-state index in [1.54, 1.807) is 18.8 Å². The molecule has 0 heterocycles. The highest BCUT2D eigenvalue weighted by Crippen LogP contribution is 1.96. The van der Waals surface area contributed by atoms with Crippen molar-refractivity contribution in [3.63, 3.8) is 0 Å². The summed E-state index contributed by atoms with van der Waals surface area (Å²) in [6.45, 7) is 4.83. The molecule has 0 aromatic carbocycles. The summed E-state index contributed by atoms with van der Waals surface area (Å²) in [5.41, 5.74) is 0. The molecule has 0 bridgehead atoms. The van der Waals surface area contributed by atoms with Crippen LogP contribution in [-0.2, 0) is 10.2 Å². The average Bonchev–Trinajstić information content (AvgIpc) is 2.24. The lowest BCUT2D eigenvalue weighted by atomic mass is 10.4. The number of nitrogens with zero attached hydrogens (tertiary/aromatic N) is 1. The summed E-state index contributed by atoms with van der Waals surface area (Å²) in [5, 5.41) is 3.16. The van der Waals surface area contributed by atoms with Crippen molar-refractivity contribution in [1.29, 1.82) is 0 Å². The van der Waals surface area contributed by atoms with Crippen LogP contribution in [0.25, 0.3) is 0 Å². The SMILES string of the molecule is CCNCCCN(C)S(=O)(=O)NCCSC. The van der Waals surface area contributed by atoms with Gasteiger partial charge in [-0.15, -0.1) is 0 Å². The van der Waals surface area contributed by atoms with Crippen molar-refractivity contribution in [3.05, 3.63) is 0 Å². The van der Waals surface area contributed by atoms with Gasteiger partial charge in [0.2, 0.25) is 0 Å². The lowest BCUT2D eigenvalue weighted by Crippen LogP contribution is -2.40. The highest BCUT2D eigenvalue weighted by atomic mass is 32.2. The van der Waals surface area contributed by atoms with Gasteiger partial charge in [0, 0.05) is 25.9 Å². The van der Waals surface area contributed by atoms with E-state index in [1.165, 1.54) is 4.31 Å². The first-order valence-electron chi connectivity index (χ1n) is 5.45. The number of hydrogen-bond donors (Lipinski definition) is 2. The van der Waals surface area contributed by atoms with Gasteiger partial charge in [-0.3, -0.25) is 0 Å². The minimum absolute atomic E-state index is 0.487. The Hall–Kier alpha value is 0.180. The van der Waals surface area contributed by atoms with E-state index in [0.717, 1.165) is 25.3 Å². The number of rotatable bonds is 10. The molecule has 7 heteroatoms. The standard InChI is InChI=1S/C9H23N3O2S2/c1-4-10-6-5-8-12(2)16(13,14)11-7-9-15-3/h10-11H,4-9H2,1-3H3. The number of hydrogen-bond acceptors (Lipinski definition) is 4. The Morgan fingerprint density at radius 1 is 1.31 bits per heavy atom. The minimum atomic E-state index is -3.28. The molecule has 0 unspecified atom stereocenters. The first-order valence-corrected chi connectivity index (χ1v) is 8.28. The Morgan fingerprint density at radius 3 is 2.56 bits per heavy atom. The molecule has 0 rings (SSSR count). The second-order valence-electron chi connectivity index (χ2n) is 3.42. The van der Waals surface area contributed by atoms with E-state index < -0.39 is 10.2 Å². The van der Waals surface area contributed by atoms with Crippen molar-refractivity contribution in [2.75, 3.05) is 45.2 Å². The van der Waals surface area contributed by atoms with Crippen molar-refractivity contribution in [3.8, 4) is 0 Å². The largest absolute Gasteiger partial charge is 0.317 e. The Morgan fingerprint density at radius 2 is 2.00 bits per heavy atom. The Balaban J connectivity index is 3.81. The maximum atomic E-state index is 11.7. The molecule has 0 aliphatic rings. The van der Waals surface area contributed by atoms with E-state index in [2.05, 4.69) is 10.0 Å². The van der Waals surface area contributed by atoms with Gasteiger partial charge in [0.15, 0.2) is 0 Å². The summed E-state index contributed by atoms with van der Waals surface area (Å²) < 4.78 is 27.2. The molecule has 0 spiro atoms. The molecule has 98 valence electrons. The Labute approximate surface area is 104 Å². The molecule has 5 nitrogen and oxygen atoms in total. The van der Waals surface area contributed by atoms with Crippen LogP contribution in [0.4, 0.5) is 0 Å². The van der Waals surface area contributed by atoms with E-state index in [1.807, 2.05) is 13.2 Å². The van der Waals surface area contributed by atoms with Crippen LogP contribution >= 0.6 is 11.8 Å². The monoisotopic (exact) mass is 269 g/mol. The maximum absolute atomic E-state index is 11.7. The van der Waals surface area contributed by atoms with Gasteiger partial charge in [0.05, 0.1) is 0 Å². The van der Waals surface area contributed by atoms with Crippen molar-refractivity contribution in [1.82, 2.24) is 14.3 Å². The Kier molecular flexibility index (Phi) is 9.34. The highest BCUT2D eigenvalue weighted by Gasteiger charge is 2.15. The van der Waals surface area contributed by atoms with Gasteiger partial charge in [0.25, 0.3) is 10.2 Å². The molecule has 0 aliphatic heterocycles. The van der Waals surface area contributed by atoms with Crippen molar-refractivity contribution >= 4 is 22.0 Å². The van der Waals surface area contributed by atoms with Crippen LogP contribution in [0, 0.1) is 0 Å². The topological polar surface area (TPSA) is 61.4 Å². The normalized spacial score (nSPS) is 12.2. The molecule has 0 aromatic rings. The van der Waals surface area contributed by atoms with E-state index in [0.29, 0.717) is 13.1 Å². The molecule has 0 atom stereocenters. The fourth-order valence-electron chi connectivity index (χ4n) is 1.11. The van der Waals surface area contributed by atoms with Gasteiger partial charge in [-0.25, -0.2) is 4.72 Å². The molecule has 0 saturated heterocycles. The predicted molar refractivity (Wildman–Crippen MR) is 71.1 cm³/mol. The van der Waals surface area contributed by atoms with Crippen LogP contribution < -0.4 is 10.0 Å². The van der Waals surface area contributed by atoms with Crippen molar-refractivity contribution in [2.45, 2.75) is 13.3 Å². The van der Waals surface area contributed by atoms with Gasteiger partial charge in [-0.2, -0.15) is 24.5 Å². The highest BCUT2D eigenvalue weighted by molar-refractivity contribution is 7.98. The smallest absolute Gasteiger partial charge is 0.279 e. The molecule has 0 amide bonds. The third-order valence-electron chi connectivity index (χ3n) is 2.08. The van der Waals surface area contributed by atoms with Crippen LogP contribution in [0.15, 0.2) is 0 Å². The van der Waals surface area contributed by atoms with Gasteiger partial charge in [-0.05, 0) is 25.8 Å². The lowest BCUT2D eigenvalue weighted by Gasteiger charge is -2.17. The van der Waals surface area contributed by atoms with E-state index in [9.17, 15) is 8.42 Å². The van der Waals surface area contributed by atoms with Crippen molar-refractivity contribution in [2.24, 2.45) is 0 Å². The molecule has 0 aliphatic carbocycles. The summed E-state index contributed by atoms with van der Waals surface area (Å²) in [6, 6.07) is 0. The van der Waals surface area contributed by atoms with Crippen molar-refractivity contribution < 1.29 is 8.42 Å². The third-order valence-corrected chi connectivity index (χ3v) is 4.26. The zero-order chi connectivity index (χ0) is 12.4. The zero-order valence-electron chi connectivity index (χ0n) is 10.3. The van der Waals surface area contributed by atoms with Crippen LogP contribution in [-0.4, -0.2) is 58.0 Å². The Bertz CT molecular complexity index is 257. The average molecular weight is 269 g/mol. The maximum Gasteiger partial charge on any atom is 0.279 e. The third kappa shape index (κ3) is 7.45. The molecular formula is C9H23N3O2S2. The van der Waals surface area contributed by atoms with Crippen LogP contribution in [0.3, 0.4) is 0 Å². The summed E-state index contributed by atoms with van der Waals surface area (Å²) in [5.74, 6) is 0.796. The van der Waals surface area contributed by atoms with E-state index in [-0.39, 0.29) is 0 Å². The van der Waals surface area contributed by atoms with Gasteiger partial charge in [-0.1, -0.05) is 6.92 Å². The first kappa shape index (κ1) is 16.2. The second kappa shape index (κ2) is 9.23. The van der Waals surface area contributed by atoms with Crippen LogP contribution in [0.5, 0.6) is 0 Å².